The van der Waals surface area contributed by atoms with Crippen molar-refractivity contribution < 1.29 is 0 Å². The number of thiocarbonyl (C=S) groups is 1. The van der Waals surface area contributed by atoms with Gasteiger partial charge in [0, 0.05) is 17.8 Å². The highest BCUT2D eigenvalue weighted by Gasteiger charge is 2.13. The number of nitrogens with zero attached hydrogens (tertiary/aromatic N) is 3. The molecule has 0 radical (unpaired) electrons. The second-order valence-corrected chi connectivity index (χ2v) is 4.74. The van der Waals surface area contributed by atoms with Crippen LogP contribution in [0.3, 0.4) is 0 Å². The monoisotopic (exact) mass is 268 g/mol. The van der Waals surface area contributed by atoms with Crippen molar-refractivity contribution in [2.24, 2.45) is 5.73 Å². The van der Waals surface area contributed by atoms with Crippen molar-refractivity contribution in [2.45, 2.75) is 6.92 Å². The number of hydrogen-bond donors (Lipinski definition) is 1. The van der Waals surface area contributed by atoms with Gasteiger partial charge in [-0.3, -0.25) is 4.98 Å². The number of rotatable bonds is 2. The molecular weight excluding hydrogens is 256 g/mol. The maximum Gasteiger partial charge on any atom is 0.107 e. The molecule has 0 spiro atoms. The lowest BCUT2D eigenvalue weighted by Crippen LogP contribution is -2.14. The molecule has 0 unspecified atom stereocenters. The fraction of sp³-hybridized carbons (Fsp3) is 0.0714. The number of para-hydroxylation sites is 1. The number of nitrogens with two attached hydrogens (primary N) is 1. The Balaban J connectivity index is 2.41. The Hall–Kier alpha value is -2.27. The predicted octanol–water partition coefficient (Wildman–Crippen LogP) is 2.36. The Kier molecular flexibility index (Phi) is 2.76. The van der Waals surface area contributed by atoms with E-state index in [1.54, 1.807) is 10.9 Å². The minimum Gasteiger partial charge on any atom is -0.389 e. The molecule has 5 heteroatoms. The lowest BCUT2D eigenvalue weighted by Gasteiger charge is -2.11. The number of pyridine rings is 1. The molecule has 0 atom stereocenters. The van der Waals surface area contributed by atoms with Crippen LogP contribution in [0.4, 0.5) is 0 Å². The SMILES string of the molecule is Cc1ccn(-c2c(C(N)=S)cnc3ccccc23)n1. The van der Waals surface area contributed by atoms with Crippen LogP contribution in [-0.2, 0) is 0 Å². The van der Waals surface area contributed by atoms with Crippen LogP contribution < -0.4 is 5.73 Å². The molecule has 4 nitrogen and oxygen atoms in total. The van der Waals surface area contributed by atoms with Gasteiger partial charge in [-0.25, -0.2) is 4.68 Å². The first-order chi connectivity index (χ1) is 9.16. The Morgan fingerprint density at radius 2 is 2.05 bits per heavy atom. The average molecular weight is 268 g/mol. The summed E-state index contributed by atoms with van der Waals surface area (Å²) in [6.45, 7) is 1.94. The molecule has 0 aliphatic heterocycles. The molecule has 0 saturated carbocycles. The topological polar surface area (TPSA) is 56.7 Å². The van der Waals surface area contributed by atoms with E-state index in [2.05, 4.69) is 10.1 Å². The highest BCUT2D eigenvalue weighted by Crippen LogP contribution is 2.24. The van der Waals surface area contributed by atoms with Crippen molar-refractivity contribution >= 4 is 28.1 Å². The van der Waals surface area contributed by atoms with E-state index in [1.165, 1.54) is 0 Å². The third-order valence-corrected chi connectivity index (χ3v) is 3.18. The number of hydrogen-bond acceptors (Lipinski definition) is 3. The first-order valence-corrected chi connectivity index (χ1v) is 6.28. The number of fused-ring (bicyclic) bond motifs is 1. The van der Waals surface area contributed by atoms with Crippen LogP contribution in [0.1, 0.15) is 11.3 Å². The van der Waals surface area contributed by atoms with Gasteiger partial charge in [-0.15, -0.1) is 0 Å². The van der Waals surface area contributed by atoms with E-state index in [-0.39, 0.29) is 0 Å². The standard InChI is InChI=1S/C14H12N4S/c1-9-6-7-18(17-9)13-10-4-2-3-5-12(10)16-8-11(13)14(15)19/h2-8H,1H3,(H2,15,19). The first-order valence-electron chi connectivity index (χ1n) is 5.87. The summed E-state index contributed by atoms with van der Waals surface area (Å²) in [6, 6.07) is 9.81. The summed E-state index contributed by atoms with van der Waals surface area (Å²) in [4.78, 5) is 4.71. The van der Waals surface area contributed by atoms with Gasteiger partial charge in [0.15, 0.2) is 0 Å². The summed E-state index contributed by atoms with van der Waals surface area (Å²) in [5.74, 6) is 0. The maximum atomic E-state index is 5.80. The molecule has 1 aromatic carbocycles. The molecule has 94 valence electrons. The van der Waals surface area contributed by atoms with Gasteiger partial charge in [0.1, 0.15) is 4.99 Å². The molecule has 19 heavy (non-hydrogen) atoms. The van der Waals surface area contributed by atoms with Gasteiger partial charge in [-0.1, -0.05) is 30.4 Å². The summed E-state index contributed by atoms with van der Waals surface area (Å²) in [5, 5.41) is 5.43. The lowest BCUT2D eigenvalue weighted by molar-refractivity contribution is 0.866. The Morgan fingerprint density at radius 1 is 1.26 bits per heavy atom. The van der Waals surface area contributed by atoms with E-state index in [1.807, 2.05) is 43.5 Å². The molecule has 3 aromatic rings. The van der Waals surface area contributed by atoms with E-state index in [0.29, 0.717) is 4.99 Å². The normalized spacial score (nSPS) is 10.8. The molecule has 0 bridgehead atoms. The molecular formula is C14H12N4S. The zero-order valence-corrected chi connectivity index (χ0v) is 11.2. The van der Waals surface area contributed by atoms with E-state index in [0.717, 1.165) is 27.8 Å². The number of benzene rings is 1. The lowest BCUT2D eigenvalue weighted by atomic mass is 10.1. The smallest absolute Gasteiger partial charge is 0.107 e. The Morgan fingerprint density at radius 3 is 2.74 bits per heavy atom. The van der Waals surface area contributed by atoms with Gasteiger partial charge < -0.3 is 5.73 Å². The van der Waals surface area contributed by atoms with E-state index in [9.17, 15) is 0 Å². The molecule has 0 fully saturated rings. The number of aryl methyl sites for hydroxylation is 1. The zero-order valence-electron chi connectivity index (χ0n) is 10.4. The summed E-state index contributed by atoms with van der Waals surface area (Å²) < 4.78 is 1.80. The molecule has 0 saturated heterocycles. The van der Waals surface area contributed by atoms with Crippen LogP contribution in [-0.4, -0.2) is 19.8 Å². The fourth-order valence-corrected chi connectivity index (χ4v) is 2.24. The summed E-state index contributed by atoms with van der Waals surface area (Å²) in [7, 11) is 0. The van der Waals surface area contributed by atoms with Crippen molar-refractivity contribution in [3.05, 3.63) is 54.0 Å². The third kappa shape index (κ3) is 1.98. The molecule has 3 rings (SSSR count). The van der Waals surface area contributed by atoms with Gasteiger partial charge in [-0.05, 0) is 19.1 Å². The number of aromatic nitrogens is 3. The van der Waals surface area contributed by atoms with Crippen LogP contribution in [0.2, 0.25) is 0 Å². The fourth-order valence-electron chi connectivity index (χ4n) is 2.09. The van der Waals surface area contributed by atoms with Crippen LogP contribution >= 0.6 is 12.2 Å². The first kappa shape index (κ1) is 11.8. The van der Waals surface area contributed by atoms with Gasteiger partial charge >= 0.3 is 0 Å². The maximum absolute atomic E-state index is 5.80. The average Bonchev–Trinajstić information content (AvgIpc) is 2.83. The van der Waals surface area contributed by atoms with Crippen LogP contribution in [0.15, 0.2) is 42.7 Å². The second kappa shape index (κ2) is 4.44. The third-order valence-electron chi connectivity index (χ3n) is 2.96. The molecule has 0 amide bonds. The summed E-state index contributed by atoms with van der Waals surface area (Å²) >= 11 is 5.12. The van der Waals surface area contributed by atoms with Gasteiger partial charge in [0.25, 0.3) is 0 Å². The van der Waals surface area contributed by atoms with Crippen molar-refractivity contribution in [1.82, 2.24) is 14.8 Å². The van der Waals surface area contributed by atoms with E-state index < -0.39 is 0 Å². The Labute approximate surface area is 115 Å². The van der Waals surface area contributed by atoms with E-state index >= 15 is 0 Å². The Bertz CT molecular complexity index is 776. The van der Waals surface area contributed by atoms with Gasteiger partial charge in [0.2, 0.25) is 0 Å². The molecule has 2 aromatic heterocycles. The van der Waals surface area contributed by atoms with Crippen molar-refractivity contribution in [1.29, 1.82) is 0 Å². The summed E-state index contributed by atoms with van der Waals surface area (Å²) in [6.07, 6.45) is 3.61. The predicted molar refractivity (Wildman–Crippen MR) is 79.5 cm³/mol. The molecule has 2 heterocycles. The van der Waals surface area contributed by atoms with Crippen LogP contribution in [0.5, 0.6) is 0 Å². The van der Waals surface area contributed by atoms with Gasteiger partial charge in [-0.2, -0.15) is 5.10 Å². The van der Waals surface area contributed by atoms with E-state index in [4.69, 9.17) is 18.0 Å². The summed E-state index contributed by atoms with van der Waals surface area (Å²) in [5.41, 5.74) is 9.25. The van der Waals surface area contributed by atoms with Crippen LogP contribution in [0, 0.1) is 6.92 Å². The largest absolute Gasteiger partial charge is 0.389 e. The molecule has 0 aliphatic carbocycles. The second-order valence-electron chi connectivity index (χ2n) is 4.30. The van der Waals surface area contributed by atoms with Crippen molar-refractivity contribution in [3.63, 3.8) is 0 Å². The van der Waals surface area contributed by atoms with Gasteiger partial charge in [0.05, 0.1) is 22.5 Å². The highest BCUT2D eigenvalue weighted by atomic mass is 32.1. The molecule has 0 aliphatic rings. The van der Waals surface area contributed by atoms with Crippen molar-refractivity contribution in [3.8, 4) is 5.69 Å². The zero-order chi connectivity index (χ0) is 13.4. The minimum atomic E-state index is 0.321. The quantitative estimate of drug-likeness (QED) is 0.725. The van der Waals surface area contributed by atoms with Crippen LogP contribution in [0.25, 0.3) is 16.6 Å². The highest BCUT2D eigenvalue weighted by molar-refractivity contribution is 7.80. The molecule has 2 N–H and O–H groups in total. The van der Waals surface area contributed by atoms with Crippen molar-refractivity contribution in [2.75, 3.05) is 0 Å². The minimum absolute atomic E-state index is 0.321.